The van der Waals surface area contributed by atoms with E-state index >= 15 is 0 Å². The molecule has 0 aliphatic rings. The molecule has 0 aromatic rings. The van der Waals surface area contributed by atoms with Crippen molar-refractivity contribution in [3.05, 3.63) is 0 Å². The van der Waals surface area contributed by atoms with Gasteiger partial charge in [-0.2, -0.15) is 0 Å². The van der Waals surface area contributed by atoms with Gasteiger partial charge in [0.25, 0.3) is 0 Å². The second-order valence-electron chi connectivity index (χ2n) is 4.24. The van der Waals surface area contributed by atoms with E-state index in [0.29, 0.717) is 12.8 Å². The smallest absolute Gasteiger partial charge is 0.748 e. The van der Waals surface area contributed by atoms with Crippen LogP contribution in [-0.2, 0) is 10.1 Å². The summed E-state index contributed by atoms with van der Waals surface area (Å²) < 4.78 is 33.0. The first kappa shape index (κ1) is 20.2. The molecule has 0 radical (unpaired) electrons. The molecule has 0 aliphatic carbocycles. The molecule has 0 rings (SSSR count). The zero-order valence-electron chi connectivity index (χ0n) is 11.2. The maximum absolute atomic E-state index is 11.0. The largest absolute Gasteiger partial charge is 1.00 e. The molecule has 6 heteroatoms. The number of aliphatic hydroxyl groups excluding tert-OH is 1. The summed E-state index contributed by atoms with van der Waals surface area (Å²) in [7, 11) is -4.38. The SMILES string of the molecule is CCCCCC(C(O)CCCC)S(=O)(=O)[O-].[Na+]. The maximum Gasteiger partial charge on any atom is 1.00 e. The Bertz CT molecular complexity index is 267. The summed E-state index contributed by atoms with van der Waals surface area (Å²) in [5.74, 6) is 0. The van der Waals surface area contributed by atoms with E-state index in [-0.39, 0.29) is 36.0 Å². The van der Waals surface area contributed by atoms with E-state index in [1.54, 1.807) is 0 Å². The first-order chi connectivity index (χ1) is 7.43. The molecule has 0 aromatic carbocycles. The molecule has 0 fully saturated rings. The van der Waals surface area contributed by atoms with E-state index in [4.69, 9.17) is 0 Å². The molecule has 17 heavy (non-hydrogen) atoms. The van der Waals surface area contributed by atoms with E-state index in [9.17, 15) is 18.1 Å². The van der Waals surface area contributed by atoms with E-state index in [0.717, 1.165) is 25.7 Å². The Morgan fingerprint density at radius 1 is 1.06 bits per heavy atom. The van der Waals surface area contributed by atoms with Gasteiger partial charge in [-0.05, 0) is 12.8 Å². The molecule has 0 bridgehead atoms. The normalized spacial score (nSPS) is 15.1. The van der Waals surface area contributed by atoms with Crippen LogP contribution in [0.15, 0.2) is 0 Å². The molecule has 4 nitrogen and oxygen atoms in total. The maximum atomic E-state index is 11.0. The number of aliphatic hydroxyl groups is 1. The molecular formula is C11H23NaO4S. The molecule has 1 N–H and O–H groups in total. The third-order valence-electron chi connectivity index (χ3n) is 2.75. The fourth-order valence-corrected chi connectivity index (χ4v) is 2.70. The molecule has 0 heterocycles. The van der Waals surface area contributed by atoms with E-state index in [1.807, 2.05) is 13.8 Å². The van der Waals surface area contributed by atoms with Gasteiger partial charge in [0, 0.05) is 0 Å². The predicted octanol–water partition coefficient (Wildman–Crippen LogP) is -0.964. The summed E-state index contributed by atoms with van der Waals surface area (Å²) in [5, 5.41) is 8.58. The molecule has 2 atom stereocenters. The monoisotopic (exact) mass is 274 g/mol. The fraction of sp³-hybridized carbons (Fsp3) is 1.00. The summed E-state index contributed by atoms with van der Waals surface area (Å²) in [5.41, 5.74) is 0. The second kappa shape index (κ2) is 10.8. The van der Waals surface area contributed by atoms with Crippen LogP contribution in [-0.4, -0.2) is 29.4 Å². The number of hydrogen-bond acceptors (Lipinski definition) is 4. The Balaban J connectivity index is 0. The van der Waals surface area contributed by atoms with Crippen LogP contribution >= 0.6 is 0 Å². The zero-order valence-corrected chi connectivity index (χ0v) is 14.0. The molecule has 0 amide bonds. The van der Waals surface area contributed by atoms with Crippen LogP contribution in [0.2, 0.25) is 0 Å². The van der Waals surface area contributed by atoms with Crippen LogP contribution in [0.1, 0.15) is 58.8 Å². The quantitative estimate of drug-likeness (QED) is 0.333. The molecule has 2 unspecified atom stereocenters. The molecular weight excluding hydrogens is 251 g/mol. The Labute approximate surface area is 127 Å². The standard InChI is InChI=1S/C11H24O4S.Na/c1-3-5-7-9-11(16(13,14)15)10(12)8-6-4-2;/h10-12H,3-9H2,1-2H3,(H,13,14,15);/q;+1/p-1. The number of rotatable bonds is 9. The van der Waals surface area contributed by atoms with Crippen molar-refractivity contribution in [1.82, 2.24) is 0 Å². The van der Waals surface area contributed by atoms with Crippen LogP contribution in [0.5, 0.6) is 0 Å². The Kier molecular flexibility index (Phi) is 12.8. The molecule has 0 aromatic heterocycles. The van der Waals surface area contributed by atoms with Gasteiger partial charge in [0.05, 0.1) is 11.4 Å². The van der Waals surface area contributed by atoms with Crippen LogP contribution in [0, 0.1) is 0 Å². The average Bonchev–Trinajstić information content (AvgIpc) is 2.19. The second-order valence-corrected chi connectivity index (χ2v) is 5.83. The average molecular weight is 274 g/mol. The van der Waals surface area contributed by atoms with E-state index in [2.05, 4.69) is 0 Å². The van der Waals surface area contributed by atoms with Crippen LogP contribution in [0.3, 0.4) is 0 Å². The molecule has 98 valence electrons. The van der Waals surface area contributed by atoms with Crippen molar-refractivity contribution in [3.8, 4) is 0 Å². The van der Waals surface area contributed by atoms with E-state index in [1.165, 1.54) is 0 Å². The summed E-state index contributed by atoms with van der Waals surface area (Å²) in [6, 6.07) is 0. The van der Waals surface area contributed by atoms with Crippen molar-refractivity contribution >= 4 is 10.1 Å². The Morgan fingerprint density at radius 2 is 1.59 bits per heavy atom. The Morgan fingerprint density at radius 3 is 2.00 bits per heavy atom. The van der Waals surface area contributed by atoms with Crippen molar-refractivity contribution in [1.29, 1.82) is 0 Å². The summed E-state index contributed by atoms with van der Waals surface area (Å²) in [4.78, 5) is 0. The summed E-state index contributed by atoms with van der Waals surface area (Å²) in [6.07, 6.45) is 3.87. The van der Waals surface area contributed by atoms with Gasteiger partial charge in [-0.25, -0.2) is 8.42 Å². The zero-order chi connectivity index (χ0) is 12.6. The minimum absolute atomic E-state index is 0. The van der Waals surface area contributed by atoms with Gasteiger partial charge in [-0.1, -0.05) is 46.0 Å². The van der Waals surface area contributed by atoms with Crippen molar-refractivity contribution in [2.24, 2.45) is 0 Å². The third kappa shape index (κ3) is 9.45. The van der Waals surface area contributed by atoms with Crippen molar-refractivity contribution in [2.75, 3.05) is 0 Å². The summed E-state index contributed by atoms with van der Waals surface area (Å²) >= 11 is 0. The molecule has 0 saturated carbocycles. The third-order valence-corrected chi connectivity index (χ3v) is 4.04. The van der Waals surface area contributed by atoms with Gasteiger partial charge in [-0.15, -0.1) is 0 Å². The molecule has 0 saturated heterocycles. The van der Waals surface area contributed by atoms with Gasteiger partial charge in [0.2, 0.25) is 0 Å². The van der Waals surface area contributed by atoms with Crippen LogP contribution < -0.4 is 29.6 Å². The fourth-order valence-electron chi connectivity index (χ4n) is 1.72. The first-order valence-corrected chi connectivity index (χ1v) is 7.53. The van der Waals surface area contributed by atoms with Gasteiger partial charge in [0.1, 0.15) is 10.1 Å². The molecule has 0 aliphatic heterocycles. The van der Waals surface area contributed by atoms with Crippen molar-refractivity contribution in [2.45, 2.75) is 70.1 Å². The number of hydrogen-bond donors (Lipinski definition) is 1. The van der Waals surface area contributed by atoms with Gasteiger partial charge < -0.3 is 9.66 Å². The van der Waals surface area contributed by atoms with E-state index < -0.39 is 21.5 Å². The van der Waals surface area contributed by atoms with Crippen molar-refractivity contribution in [3.63, 3.8) is 0 Å². The predicted molar refractivity (Wildman–Crippen MR) is 63.2 cm³/mol. The van der Waals surface area contributed by atoms with Crippen LogP contribution in [0.25, 0.3) is 0 Å². The molecule has 0 spiro atoms. The minimum atomic E-state index is -4.38. The first-order valence-electron chi connectivity index (χ1n) is 6.06. The van der Waals surface area contributed by atoms with Gasteiger partial charge in [-0.3, -0.25) is 0 Å². The Hall–Kier alpha value is 0.870. The number of unbranched alkanes of at least 4 members (excludes halogenated alkanes) is 3. The minimum Gasteiger partial charge on any atom is -0.748 e. The van der Waals surface area contributed by atoms with Gasteiger partial charge >= 0.3 is 29.6 Å². The van der Waals surface area contributed by atoms with Gasteiger partial charge in [0.15, 0.2) is 0 Å². The van der Waals surface area contributed by atoms with Crippen molar-refractivity contribution < 1.29 is 47.6 Å². The van der Waals surface area contributed by atoms with Crippen LogP contribution in [0.4, 0.5) is 0 Å². The topological polar surface area (TPSA) is 77.4 Å². The summed E-state index contributed by atoms with van der Waals surface area (Å²) in [6.45, 7) is 3.97.